The normalized spacial score (nSPS) is 29.8. The number of halogens is 1. The summed E-state index contributed by atoms with van der Waals surface area (Å²) < 4.78 is 19.5. The van der Waals surface area contributed by atoms with Crippen molar-refractivity contribution >= 4 is 34.5 Å². The molecule has 2 aromatic rings. The smallest absolute Gasteiger partial charge is 0.252 e. The third kappa shape index (κ3) is 2.69. The number of amides is 1. The summed E-state index contributed by atoms with van der Waals surface area (Å²) >= 11 is 5.93. The van der Waals surface area contributed by atoms with Crippen molar-refractivity contribution in [3.8, 4) is 0 Å². The highest BCUT2D eigenvalue weighted by Gasteiger charge is 2.58. The van der Waals surface area contributed by atoms with E-state index in [1.54, 1.807) is 18.4 Å². The first-order valence-corrected chi connectivity index (χ1v) is 8.63. The van der Waals surface area contributed by atoms with Crippen LogP contribution >= 0.6 is 11.6 Å². The van der Waals surface area contributed by atoms with Crippen molar-refractivity contribution < 1.29 is 19.0 Å². The van der Waals surface area contributed by atoms with E-state index in [0.717, 1.165) is 0 Å². The molecule has 2 aromatic heterocycles. The zero-order valence-electron chi connectivity index (χ0n) is 14.5. The van der Waals surface area contributed by atoms with Crippen LogP contribution in [-0.4, -0.2) is 56.1 Å². The topological polar surface area (TPSA) is 126 Å². The average molecular weight is 383 g/mol. The fourth-order valence-corrected chi connectivity index (χ4v) is 3.55. The lowest BCUT2D eigenvalue weighted by atomic mass is 10.1. The van der Waals surface area contributed by atoms with Gasteiger partial charge in [0.25, 0.3) is 5.91 Å². The summed E-state index contributed by atoms with van der Waals surface area (Å²) in [5.74, 6) is -0.940. The summed E-state index contributed by atoms with van der Waals surface area (Å²) in [7, 11) is 0. The molecule has 0 spiro atoms. The number of carbonyl (C=O) groups is 1. The number of anilines is 1. The molecule has 26 heavy (non-hydrogen) atoms. The molecule has 0 radical (unpaired) electrons. The SMILES string of the molecule is CCNC(=O)[C@@H]1O[C@H](n2cnc3c(N)nc(Cl)nc32)[C@@H]2OC(C)(C)O[C@@H]21. The van der Waals surface area contributed by atoms with E-state index >= 15 is 0 Å². The number of hydrogen-bond acceptors (Lipinski definition) is 8. The molecular formula is C15H19ClN6O4. The van der Waals surface area contributed by atoms with E-state index in [4.69, 9.17) is 31.5 Å². The number of carbonyl (C=O) groups excluding carboxylic acids is 1. The molecule has 0 bridgehead atoms. The molecule has 11 heteroatoms. The lowest BCUT2D eigenvalue weighted by molar-refractivity contribution is -0.197. The van der Waals surface area contributed by atoms with Gasteiger partial charge < -0.3 is 25.3 Å². The number of fused-ring (bicyclic) bond motifs is 2. The first-order chi connectivity index (χ1) is 12.3. The fourth-order valence-electron chi connectivity index (χ4n) is 3.38. The van der Waals surface area contributed by atoms with Gasteiger partial charge in [-0.25, -0.2) is 4.98 Å². The molecular weight excluding hydrogens is 364 g/mol. The first kappa shape index (κ1) is 17.4. The van der Waals surface area contributed by atoms with Crippen molar-refractivity contribution in [2.75, 3.05) is 12.3 Å². The summed E-state index contributed by atoms with van der Waals surface area (Å²) in [6, 6.07) is 0. The second kappa shape index (κ2) is 6.02. The molecule has 0 saturated carbocycles. The summed E-state index contributed by atoms with van der Waals surface area (Å²) in [5, 5.41) is 2.75. The van der Waals surface area contributed by atoms with E-state index in [9.17, 15) is 4.79 Å². The largest absolute Gasteiger partial charge is 0.382 e. The quantitative estimate of drug-likeness (QED) is 0.739. The molecule has 4 rings (SSSR count). The molecule has 140 valence electrons. The molecule has 2 fully saturated rings. The standard InChI is InChI=1S/C15H19ClN6O4/c1-4-18-12(23)8-7-9(26-15(2,3)25-7)13(24-8)22-5-19-6-10(17)20-14(16)21-11(6)22/h5,7-9,13H,4H2,1-3H3,(H,18,23)(H2,17,20,21)/t7-,8-,9-,13+/m1/s1. The molecule has 10 nitrogen and oxygen atoms in total. The third-order valence-corrected chi connectivity index (χ3v) is 4.50. The summed E-state index contributed by atoms with van der Waals surface area (Å²) in [6.07, 6.45) is -1.06. The van der Waals surface area contributed by atoms with Crippen LogP contribution in [0.3, 0.4) is 0 Å². The fraction of sp³-hybridized carbons (Fsp3) is 0.600. The molecule has 0 unspecified atom stereocenters. The van der Waals surface area contributed by atoms with Crippen molar-refractivity contribution in [1.29, 1.82) is 0 Å². The van der Waals surface area contributed by atoms with Crippen LogP contribution in [0, 0.1) is 0 Å². The number of aromatic nitrogens is 4. The number of nitrogen functional groups attached to an aromatic ring is 1. The van der Waals surface area contributed by atoms with Gasteiger partial charge in [0, 0.05) is 6.54 Å². The number of ether oxygens (including phenoxy) is 3. The summed E-state index contributed by atoms with van der Waals surface area (Å²) in [4.78, 5) is 24.8. The van der Waals surface area contributed by atoms with E-state index in [0.29, 0.717) is 17.7 Å². The van der Waals surface area contributed by atoms with E-state index in [-0.39, 0.29) is 17.0 Å². The van der Waals surface area contributed by atoms with E-state index in [1.165, 1.54) is 6.33 Å². The Bertz CT molecular complexity index is 871. The van der Waals surface area contributed by atoms with Gasteiger partial charge in [0.15, 0.2) is 29.6 Å². The maximum absolute atomic E-state index is 12.4. The van der Waals surface area contributed by atoms with Crippen LogP contribution in [0.2, 0.25) is 5.28 Å². The monoisotopic (exact) mass is 382 g/mol. The van der Waals surface area contributed by atoms with Crippen LogP contribution in [0.4, 0.5) is 5.82 Å². The highest BCUT2D eigenvalue weighted by Crippen LogP contribution is 2.43. The zero-order valence-corrected chi connectivity index (χ0v) is 15.2. The molecule has 4 atom stereocenters. The average Bonchev–Trinajstić information content (AvgIpc) is 3.18. The van der Waals surface area contributed by atoms with Gasteiger partial charge in [-0.2, -0.15) is 9.97 Å². The molecule has 3 N–H and O–H groups in total. The molecule has 2 aliphatic rings. The lowest BCUT2D eigenvalue weighted by Gasteiger charge is -2.24. The van der Waals surface area contributed by atoms with Crippen LogP contribution in [0.1, 0.15) is 27.0 Å². The maximum atomic E-state index is 12.4. The van der Waals surface area contributed by atoms with Crippen molar-refractivity contribution in [3.63, 3.8) is 0 Å². The molecule has 0 aliphatic carbocycles. The second-order valence-electron chi connectivity index (χ2n) is 6.61. The molecule has 2 saturated heterocycles. The van der Waals surface area contributed by atoms with Crippen LogP contribution < -0.4 is 11.1 Å². The van der Waals surface area contributed by atoms with Crippen molar-refractivity contribution in [2.45, 2.75) is 51.1 Å². The van der Waals surface area contributed by atoms with Crippen LogP contribution in [0.25, 0.3) is 11.2 Å². The molecule has 4 heterocycles. The summed E-state index contributed by atoms with van der Waals surface area (Å²) in [5.41, 5.74) is 6.66. The van der Waals surface area contributed by atoms with E-state index in [2.05, 4.69) is 20.3 Å². The Morgan fingerprint density at radius 3 is 2.85 bits per heavy atom. The predicted octanol–water partition coefficient (Wildman–Crippen LogP) is 0.615. The van der Waals surface area contributed by atoms with Gasteiger partial charge in [0.05, 0.1) is 6.33 Å². The van der Waals surface area contributed by atoms with Crippen molar-refractivity contribution in [3.05, 3.63) is 11.6 Å². The molecule has 2 aliphatic heterocycles. The van der Waals surface area contributed by atoms with Crippen molar-refractivity contribution in [1.82, 2.24) is 24.8 Å². The Balaban J connectivity index is 1.76. The summed E-state index contributed by atoms with van der Waals surface area (Å²) in [6.45, 7) is 5.90. The third-order valence-electron chi connectivity index (χ3n) is 4.33. The predicted molar refractivity (Wildman–Crippen MR) is 91.2 cm³/mol. The van der Waals surface area contributed by atoms with E-state index in [1.807, 2.05) is 6.92 Å². The Hall–Kier alpha value is -2.01. The number of likely N-dealkylation sites (N-methyl/N-ethyl adjacent to an activating group) is 1. The number of nitrogens with zero attached hydrogens (tertiary/aromatic N) is 4. The Labute approximate surface area is 154 Å². The minimum atomic E-state index is -0.843. The minimum Gasteiger partial charge on any atom is -0.382 e. The number of nitrogens with one attached hydrogen (secondary N) is 1. The first-order valence-electron chi connectivity index (χ1n) is 8.25. The highest BCUT2D eigenvalue weighted by molar-refractivity contribution is 6.28. The maximum Gasteiger partial charge on any atom is 0.252 e. The Morgan fingerprint density at radius 1 is 1.38 bits per heavy atom. The molecule has 0 aromatic carbocycles. The second-order valence-corrected chi connectivity index (χ2v) is 6.95. The van der Waals surface area contributed by atoms with Crippen molar-refractivity contribution in [2.24, 2.45) is 0 Å². The van der Waals surface area contributed by atoms with Gasteiger partial charge >= 0.3 is 0 Å². The van der Waals surface area contributed by atoms with Gasteiger partial charge in [-0.1, -0.05) is 0 Å². The van der Waals surface area contributed by atoms with Gasteiger partial charge in [-0.3, -0.25) is 9.36 Å². The van der Waals surface area contributed by atoms with Crippen LogP contribution in [-0.2, 0) is 19.0 Å². The minimum absolute atomic E-state index is 0.00417. The number of rotatable bonds is 3. The number of nitrogens with two attached hydrogens (primary N) is 1. The number of imidazole rings is 1. The number of hydrogen-bond donors (Lipinski definition) is 2. The van der Waals surface area contributed by atoms with Crippen LogP contribution in [0.15, 0.2) is 6.33 Å². The van der Waals surface area contributed by atoms with Gasteiger partial charge in [-0.05, 0) is 32.4 Å². The Morgan fingerprint density at radius 2 is 2.12 bits per heavy atom. The van der Waals surface area contributed by atoms with E-state index < -0.39 is 30.3 Å². The Kier molecular flexibility index (Phi) is 4.03. The highest BCUT2D eigenvalue weighted by atomic mass is 35.5. The van der Waals surface area contributed by atoms with Gasteiger partial charge in [-0.15, -0.1) is 0 Å². The lowest BCUT2D eigenvalue weighted by Crippen LogP contribution is -2.42. The van der Waals surface area contributed by atoms with Gasteiger partial charge in [0.1, 0.15) is 17.7 Å². The van der Waals surface area contributed by atoms with Gasteiger partial charge in [0.2, 0.25) is 5.28 Å². The van der Waals surface area contributed by atoms with Crippen LogP contribution in [0.5, 0.6) is 0 Å². The molecule has 1 amide bonds. The zero-order chi connectivity index (χ0) is 18.6.